The van der Waals surface area contributed by atoms with Gasteiger partial charge in [-0.2, -0.15) is 0 Å². The summed E-state index contributed by atoms with van der Waals surface area (Å²) in [6.45, 7) is 0. The van der Waals surface area contributed by atoms with Crippen molar-refractivity contribution in [2.45, 2.75) is 0 Å². The minimum absolute atomic E-state index is 0.201. The summed E-state index contributed by atoms with van der Waals surface area (Å²) in [5, 5.41) is 12.4. The van der Waals surface area contributed by atoms with Gasteiger partial charge in [-0.25, -0.2) is 0 Å². The van der Waals surface area contributed by atoms with Crippen LogP contribution >= 0.6 is 95.6 Å². The molecular weight excluding hydrogens is 2130 g/mol. The summed E-state index contributed by atoms with van der Waals surface area (Å²) in [7, 11) is 0. The number of para-hydroxylation sites is 8. The van der Waals surface area contributed by atoms with Crippen molar-refractivity contribution in [2.75, 3.05) is 0 Å². The van der Waals surface area contributed by atoms with Crippen LogP contribution in [0.4, 0.5) is 0 Å². The minimum Gasteiger partial charge on any atom is -0.309 e. The molecule has 0 amide bonds. The molecule has 5 nitrogen and oxygen atoms in total. The molecule has 5 aromatic heterocycles. The fourth-order valence-electron chi connectivity index (χ4n) is 19.9. The second-order valence-electron chi connectivity index (χ2n) is 35.0. The Morgan fingerprint density at radius 2 is 0.420 bits per heavy atom. The van der Waals surface area contributed by atoms with Crippen molar-refractivity contribution in [2.24, 2.45) is 0 Å². The molecule has 0 fully saturated rings. The number of nitrogens with zero attached hydrogens (tertiary/aromatic N) is 5. The molecule has 0 aliphatic rings. The Balaban J connectivity index is 0.000000102. The van der Waals surface area contributed by atoms with Gasteiger partial charge >= 0.3 is 0 Å². The largest absolute Gasteiger partial charge is 0.309 e. The second-order valence-corrected chi connectivity index (χ2v) is 40.4. The van der Waals surface area contributed by atoms with E-state index in [-0.39, 0.29) is 29.7 Å². The van der Waals surface area contributed by atoms with Crippen LogP contribution in [-0.4, -0.2) is 22.8 Å². The third-order valence-corrected chi connectivity index (χ3v) is 29.8. The van der Waals surface area contributed by atoms with E-state index in [2.05, 4.69) is 555 Å². The standard InChI is InChI=1S/2C30H20BrN.C24H15Br2N.2C24H16BrN/c31-28-15-6-4-13-25(28)23-11-8-12-24(19-23)32-29-16-7-5-14-26(29)27-18-17-22(20-30(27)32)21-9-2-1-3-10-21;31-25-15-10-22(11-16-25)23-12-17-26(18-13-23)32-29-9-5-4-8-27(29)28-20-24(14-19-30(28)32)21-6-2-1-3-7-21;25-18-13-17(14-19(26)15-18)16-9-11-20(12-10-16)27-23-7-3-1-5-21(23)22-6-2-4-8-24(22)27;25-22-13-4-1-10-19(22)17-8-7-9-18(16-17)26-23-14-5-2-11-20(23)21-12-3-6-15-24(21)26;25-19-9-5-7-17(15-19)18-8-6-10-20(16-18)26-23-13-3-1-11-21(23)22-12-2-4-14-24(22)26/h2*1-20H;1-15H;2*1-16H/i1D,2D,3D,9D,10D;;;;. The fraction of sp³-hybridized carbons (Fsp3) is 0. The van der Waals surface area contributed by atoms with Crippen molar-refractivity contribution >= 4 is 205 Å². The minimum atomic E-state index is -0.391. The average molecular weight is 2230 g/mol. The summed E-state index contributed by atoms with van der Waals surface area (Å²) in [6.07, 6.45) is 0. The third-order valence-electron chi connectivity index (χ3n) is 26.4. The van der Waals surface area contributed by atoms with Gasteiger partial charge in [0.25, 0.3) is 0 Å². The number of rotatable bonds is 12. The van der Waals surface area contributed by atoms with E-state index < -0.39 is 6.04 Å². The lowest BCUT2D eigenvalue weighted by Gasteiger charge is -2.12. The molecule has 27 aromatic rings. The summed E-state index contributed by atoms with van der Waals surface area (Å²) < 4.78 is 59.1. The molecule has 0 radical (unpaired) electrons. The molecule has 0 aliphatic heterocycles. The molecule has 0 bridgehead atoms. The van der Waals surface area contributed by atoms with Gasteiger partial charge in [0, 0.05) is 109 Å². The second kappa shape index (κ2) is 40.7. The molecule has 0 atom stereocenters. The summed E-state index contributed by atoms with van der Waals surface area (Å²) in [6, 6.07) is 173. The molecule has 0 saturated heterocycles. The van der Waals surface area contributed by atoms with Gasteiger partial charge in [-0.1, -0.05) is 441 Å². The van der Waals surface area contributed by atoms with E-state index in [1.165, 1.54) is 166 Å². The van der Waals surface area contributed by atoms with Crippen molar-refractivity contribution in [1.29, 1.82) is 0 Å². The lowest BCUT2D eigenvalue weighted by molar-refractivity contribution is 1.18. The Morgan fingerprint density at radius 1 is 0.140 bits per heavy atom. The van der Waals surface area contributed by atoms with Crippen LogP contribution < -0.4 is 0 Å². The van der Waals surface area contributed by atoms with Crippen molar-refractivity contribution < 1.29 is 6.85 Å². The summed E-state index contributed by atoms with van der Waals surface area (Å²) in [5.74, 6) is 0. The monoisotopic (exact) mass is 2220 g/mol. The smallest absolute Gasteiger partial charge is 0.0629 e. The quantitative estimate of drug-likeness (QED) is 0.116. The molecule has 0 N–H and O–H groups in total. The van der Waals surface area contributed by atoms with Crippen LogP contribution in [0.15, 0.2) is 554 Å². The lowest BCUT2D eigenvalue weighted by Crippen LogP contribution is -1.94. The van der Waals surface area contributed by atoms with Crippen molar-refractivity contribution in [3.8, 4) is 106 Å². The maximum Gasteiger partial charge on any atom is 0.0629 e. The van der Waals surface area contributed by atoms with Crippen LogP contribution in [-0.2, 0) is 0 Å². The van der Waals surface area contributed by atoms with E-state index in [0.717, 1.165) is 65.5 Å². The molecular formula is C132H87Br6N5. The predicted octanol–water partition coefficient (Wildman–Crippen LogP) is 40.2. The summed E-state index contributed by atoms with van der Waals surface area (Å²) in [4.78, 5) is 0. The molecule has 11 heteroatoms. The highest BCUT2D eigenvalue weighted by molar-refractivity contribution is 9.11. The molecule has 27 rings (SSSR count). The normalized spacial score (nSPS) is 11.8. The fourth-order valence-corrected chi connectivity index (χ4v) is 22.9. The highest BCUT2D eigenvalue weighted by Gasteiger charge is 2.21. The van der Waals surface area contributed by atoms with Crippen LogP contribution in [0.5, 0.6) is 0 Å². The first-order chi connectivity index (χ1) is 72.5. The van der Waals surface area contributed by atoms with Crippen LogP contribution in [0, 0.1) is 0 Å². The van der Waals surface area contributed by atoms with E-state index in [9.17, 15) is 0 Å². The molecule has 0 unspecified atom stereocenters. The molecule has 0 saturated carbocycles. The third kappa shape index (κ3) is 18.5. The van der Waals surface area contributed by atoms with Gasteiger partial charge in [-0.05, 0) is 260 Å². The first-order valence-electron chi connectivity index (χ1n) is 49.6. The van der Waals surface area contributed by atoms with Gasteiger partial charge in [-0.15, -0.1) is 0 Å². The van der Waals surface area contributed by atoms with Crippen LogP contribution in [0.1, 0.15) is 6.85 Å². The van der Waals surface area contributed by atoms with Gasteiger partial charge in [0.2, 0.25) is 0 Å². The van der Waals surface area contributed by atoms with E-state index in [1.807, 2.05) is 60.7 Å². The molecule has 0 spiro atoms. The van der Waals surface area contributed by atoms with Crippen molar-refractivity contribution in [1.82, 2.24) is 22.8 Å². The van der Waals surface area contributed by atoms with E-state index in [4.69, 9.17) is 6.85 Å². The Hall–Kier alpha value is -15.3. The molecule has 682 valence electrons. The van der Waals surface area contributed by atoms with Crippen molar-refractivity contribution in [3.63, 3.8) is 0 Å². The zero-order valence-electron chi connectivity index (χ0n) is 81.8. The zero-order chi connectivity index (χ0) is 101. The Labute approximate surface area is 887 Å². The van der Waals surface area contributed by atoms with Gasteiger partial charge in [0.1, 0.15) is 0 Å². The van der Waals surface area contributed by atoms with E-state index >= 15 is 0 Å². The summed E-state index contributed by atoms with van der Waals surface area (Å²) >= 11 is 21.6. The Morgan fingerprint density at radius 3 is 0.839 bits per heavy atom. The van der Waals surface area contributed by atoms with E-state index in [1.54, 1.807) is 0 Å². The number of halogens is 6. The number of aromatic nitrogens is 5. The number of fused-ring (bicyclic) bond motifs is 15. The maximum absolute atomic E-state index is 8.47. The van der Waals surface area contributed by atoms with Crippen LogP contribution in [0.2, 0.25) is 0 Å². The van der Waals surface area contributed by atoms with Crippen LogP contribution in [0.25, 0.3) is 215 Å². The number of hydrogen-bond donors (Lipinski definition) is 0. The highest BCUT2D eigenvalue weighted by Crippen LogP contribution is 2.44. The topological polar surface area (TPSA) is 24.6 Å². The van der Waals surface area contributed by atoms with E-state index in [0.29, 0.717) is 5.56 Å². The van der Waals surface area contributed by atoms with Gasteiger partial charge in [-0.3, -0.25) is 0 Å². The van der Waals surface area contributed by atoms with Gasteiger partial charge < -0.3 is 22.8 Å². The number of hydrogen-bond acceptors (Lipinski definition) is 0. The predicted molar refractivity (Wildman–Crippen MR) is 628 cm³/mol. The SMILES string of the molecule is Brc1cc(Br)cc(-c2ccc(-n3c4ccccc4c4ccccc43)cc2)c1.Brc1ccc(-c2ccc(-n3c4ccccc4c4cc(-c5ccccc5)ccc43)cc2)cc1.Brc1cccc(-c2cccc(-n3c4ccccc4c4ccccc43)c2)c1.Brc1ccccc1-c1cccc(-n2c3ccccc3c3ccccc32)c1.[2H]c1c([2H])c([2H])c(-c2ccc3c4ccccc4n(-c4cccc(-c5ccccc5Br)c4)c3c2)c([2H])c1[2H]. The molecule has 143 heavy (non-hydrogen) atoms. The Bertz CT molecular complexity index is 9560. The maximum atomic E-state index is 8.47. The highest BCUT2D eigenvalue weighted by atomic mass is 79.9. The van der Waals surface area contributed by atoms with Crippen LogP contribution in [0.3, 0.4) is 0 Å². The number of benzene rings is 22. The first kappa shape index (κ1) is 85.7. The van der Waals surface area contributed by atoms with Gasteiger partial charge in [0.05, 0.1) is 62.0 Å². The van der Waals surface area contributed by atoms with Gasteiger partial charge in [0.15, 0.2) is 0 Å². The Kier molecular flexibility index (Phi) is 24.4. The zero-order valence-corrected chi connectivity index (χ0v) is 86.4. The molecule has 22 aromatic carbocycles. The lowest BCUT2D eigenvalue weighted by atomic mass is 10.0. The molecule has 5 heterocycles. The average Bonchev–Trinajstić information content (AvgIpc) is 1.59. The summed E-state index contributed by atoms with van der Waals surface area (Å²) in [5.41, 5.74) is 32.5. The van der Waals surface area contributed by atoms with Crippen molar-refractivity contribution in [3.05, 3.63) is 554 Å². The molecule has 0 aliphatic carbocycles. The first-order valence-corrected chi connectivity index (χ1v) is 51.9.